The first-order chi connectivity index (χ1) is 9.78. The molecule has 1 nitrogen and oxygen atoms in total. The first kappa shape index (κ1) is 14.3. The molecule has 0 bridgehead atoms. The first-order valence-corrected chi connectivity index (χ1v) is 8.96. The lowest BCUT2D eigenvalue weighted by Gasteiger charge is -2.17. The van der Waals surface area contributed by atoms with Gasteiger partial charge in [-0.15, -0.1) is 11.3 Å². The molecule has 0 saturated heterocycles. The first-order valence-electron chi connectivity index (χ1n) is 7.29. The highest BCUT2D eigenvalue weighted by Gasteiger charge is 2.43. The van der Waals surface area contributed by atoms with Crippen molar-refractivity contribution in [2.45, 2.75) is 31.7 Å². The van der Waals surface area contributed by atoms with Crippen LogP contribution in [0, 0.1) is 5.92 Å². The Bertz CT molecular complexity index is 551. The predicted octanol–water partition coefficient (Wildman–Crippen LogP) is 4.83. The third-order valence-corrected chi connectivity index (χ3v) is 5.81. The number of benzene rings is 1. The molecular weight excluding hydrogens is 330 g/mol. The summed E-state index contributed by atoms with van der Waals surface area (Å²) in [6.07, 6.45) is 2.48. The minimum absolute atomic E-state index is 0.607. The molecule has 1 fully saturated rings. The molecule has 106 valence electrons. The van der Waals surface area contributed by atoms with Crippen LogP contribution in [0.4, 0.5) is 0 Å². The summed E-state index contributed by atoms with van der Waals surface area (Å²) in [5.41, 5.74) is 1.51. The smallest absolute Gasteiger partial charge is 0.0285 e. The van der Waals surface area contributed by atoms with Crippen molar-refractivity contribution in [1.29, 1.82) is 0 Å². The lowest BCUT2D eigenvalue weighted by molar-refractivity contribution is 0.467. The maximum absolute atomic E-state index is 3.69. The number of hydrogen-bond donors (Lipinski definition) is 1. The summed E-state index contributed by atoms with van der Waals surface area (Å²) >= 11 is 5.41. The molecule has 3 rings (SSSR count). The van der Waals surface area contributed by atoms with Crippen LogP contribution in [0.2, 0.25) is 0 Å². The van der Waals surface area contributed by atoms with Crippen molar-refractivity contribution in [1.82, 2.24) is 5.32 Å². The average molecular weight is 350 g/mol. The van der Waals surface area contributed by atoms with Gasteiger partial charge in [-0.1, -0.05) is 37.3 Å². The molecule has 1 N–H and O–H groups in total. The second kappa shape index (κ2) is 6.42. The maximum atomic E-state index is 3.69. The standard InChI is InChI=1S/C17H20BrNS/c1-2-19-17(9-14-8-13(18)11-20-14)16-10-15(16)12-6-4-3-5-7-12/h3-8,11,15-17,19H,2,9-10H2,1H3. The molecule has 3 unspecified atom stereocenters. The highest BCUT2D eigenvalue weighted by Crippen LogP contribution is 2.50. The SMILES string of the molecule is CCNC(Cc1cc(Br)cs1)C1CC1c1ccccc1. The van der Waals surface area contributed by atoms with E-state index in [1.54, 1.807) is 0 Å². The summed E-state index contributed by atoms with van der Waals surface area (Å²) in [5, 5.41) is 5.87. The molecule has 0 aliphatic heterocycles. The van der Waals surface area contributed by atoms with Gasteiger partial charge >= 0.3 is 0 Å². The van der Waals surface area contributed by atoms with Gasteiger partial charge in [0.2, 0.25) is 0 Å². The van der Waals surface area contributed by atoms with Crippen molar-refractivity contribution >= 4 is 27.3 Å². The van der Waals surface area contributed by atoms with Crippen LogP contribution in [0.5, 0.6) is 0 Å². The van der Waals surface area contributed by atoms with Gasteiger partial charge in [0, 0.05) is 20.8 Å². The minimum Gasteiger partial charge on any atom is -0.314 e. The molecule has 0 radical (unpaired) electrons. The van der Waals surface area contributed by atoms with Gasteiger partial charge in [-0.05, 0) is 58.8 Å². The van der Waals surface area contributed by atoms with Gasteiger partial charge < -0.3 is 5.32 Å². The van der Waals surface area contributed by atoms with Gasteiger partial charge in [0.25, 0.3) is 0 Å². The lowest BCUT2D eigenvalue weighted by atomic mass is 10.0. The molecule has 2 aromatic rings. The summed E-state index contributed by atoms with van der Waals surface area (Å²) in [7, 11) is 0. The van der Waals surface area contributed by atoms with E-state index in [4.69, 9.17) is 0 Å². The Morgan fingerprint density at radius 3 is 2.80 bits per heavy atom. The second-order valence-electron chi connectivity index (χ2n) is 5.52. The summed E-state index contributed by atoms with van der Waals surface area (Å²) in [4.78, 5) is 1.47. The van der Waals surface area contributed by atoms with Gasteiger partial charge in [0.1, 0.15) is 0 Å². The van der Waals surface area contributed by atoms with Gasteiger partial charge in [0.15, 0.2) is 0 Å². The van der Waals surface area contributed by atoms with E-state index in [1.807, 2.05) is 11.3 Å². The van der Waals surface area contributed by atoms with Crippen molar-refractivity contribution < 1.29 is 0 Å². The van der Waals surface area contributed by atoms with E-state index in [0.29, 0.717) is 6.04 Å². The van der Waals surface area contributed by atoms with Crippen LogP contribution < -0.4 is 5.32 Å². The Morgan fingerprint density at radius 1 is 1.35 bits per heavy atom. The zero-order valence-corrected chi connectivity index (χ0v) is 14.1. The Kier molecular flexibility index (Phi) is 4.59. The molecule has 3 heteroatoms. The molecule has 1 aliphatic rings. The molecule has 1 aliphatic carbocycles. The highest BCUT2D eigenvalue weighted by molar-refractivity contribution is 9.10. The quantitative estimate of drug-likeness (QED) is 0.786. The van der Waals surface area contributed by atoms with E-state index in [-0.39, 0.29) is 0 Å². The zero-order chi connectivity index (χ0) is 13.9. The number of hydrogen-bond acceptors (Lipinski definition) is 2. The normalized spacial score (nSPS) is 22.7. The van der Waals surface area contributed by atoms with E-state index in [1.165, 1.54) is 21.3 Å². The van der Waals surface area contributed by atoms with Gasteiger partial charge in [-0.2, -0.15) is 0 Å². The lowest BCUT2D eigenvalue weighted by Crippen LogP contribution is -2.33. The average Bonchev–Trinajstić information content (AvgIpc) is 3.16. The van der Waals surface area contributed by atoms with Crippen molar-refractivity contribution in [2.75, 3.05) is 6.54 Å². The molecule has 1 saturated carbocycles. The second-order valence-corrected chi connectivity index (χ2v) is 7.43. The maximum Gasteiger partial charge on any atom is 0.0285 e. The van der Waals surface area contributed by atoms with Crippen LogP contribution in [0.3, 0.4) is 0 Å². The van der Waals surface area contributed by atoms with Crippen molar-refractivity contribution in [2.24, 2.45) is 5.92 Å². The monoisotopic (exact) mass is 349 g/mol. The van der Waals surface area contributed by atoms with Crippen LogP contribution in [0.15, 0.2) is 46.3 Å². The summed E-state index contributed by atoms with van der Waals surface area (Å²) in [5.74, 6) is 1.54. The number of likely N-dealkylation sites (N-methyl/N-ethyl adjacent to an activating group) is 1. The molecule has 1 aromatic heterocycles. The Balaban J connectivity index is 1.66. The third-order valence-electron chi connectivity index (χ3n) is 4.09. The van der Waals surface area contributed by atoms with Crippen LogP contribution in [0.25, 0.3) is 0 Å². The number of nitrogens with one attached hydrogen (secondary N) is 1. The summed E-state index contributed by atoms with van der Waals surface area (Å²) < 4.78 is 1.21. The fourth-order valence-electron chi connectivity index (χ4n) is 3.06. The molecule has 3 atom stereocenters. The van der Waals surface area contributed by atoms with E-state index in [9.17, 15) is 0 Å². The van der Waals surface area contributed by atoms with Crippen molar-refractivity contribution in [3.8, 4) is 0 Å². The third kappa shape index (κ3) is 3.33. The molecular formula is C17H20BrNS. The van der Waals surface area contributed by atoms with E-state index in [2.05, 4.69) is 69.9 Å². The van der Waals surface area contributed by atoms with Gasteiger partial charge in [-0.25, -0.2) is 0 Å². The summed E-state index contributed by atoms with van der Waals surface area (Å²) in [6, 6.07) is 13.8. The summed E-state index contributed by atoms with van der Waals surface area (Å²) in [6.45, 7) is 3.26. The fraction of sp³-hybridized carbons (Fsp3) is 0.412. The van der Waals surface area contributed by atoms with E-state index < -0.39 is 0 Å². The molecule has 1 aromatic carbocycles. The number of rotatable bonds is 6. The number of halogens is 1. The van der Waals surface area contributed by atoms with Crippen molar-refractivity contribution in [3.63, 3.8) is 0 Å². The van der Waals surface area contributed by atoms with Crippen molar-refractivity contribution in [3.05, 3.63) is 56.7 Å². The fourth-order valence-corrected chi connectivity index (χ4v) is 4.57. The predicted molar refractivity (Wildman–Crippen MR) is 90.5 cm³/mol. The van der Waals surface area contributed by atoms with Gasteiger partial charge in [-0.3, -0.25) is 0 Å². The Labute approximate surface area is 133 Å². The topological polar surface area (TPSA) is 12.0 Å². The van der Waals surface area contributed by atoms with Crippen LogP contribution in [-0.4, -0.2) is 12.6 Å². The zero-order valence-electron chi connectivity index (χ0n) is 11.7. The van der Waals surface area contributed by atoms with Gasteiger partial charge in [0.05, 0.1) is 0 Å². The Morgan fingerprint density at radius 2 is 2.15 bits per heavy atom. The van der Waals surface area contributed by atoms with Crippen LogP contribution >= 0.6 is 27.3 Å². The highest BCUT2D eigenvalue weighted by atomic mass is 79.9. The molecule has 1 heterocycles. The largest absolute Gasteiger partial charge is 0.314 e. The Hall–Kier alpha value is -0.640. The molecule has 20 heavy (non-hydrogen) atoms. The minimum atomic E-state index is 0.607. The van der Waals surface area contributed by atoms with Crippen LogP contribution in [0.1, 0.15) is 29.7 Å². The van der Waals surface area contributed by atoms with E-state index in [0.717, 1.165) is 24.8 Å². The molecule has 0 spiro atoms. The van der Waals surface area contributed by atoms with E-state index >= 15 is 0 Å². The number of thiophene rings is 1. The molecule has 0 amide bonds. The van der Waals surface area contributed by atoms with Crippen LogP contribution in [-0.2, 0) is 6.42 Å².